The van der Waals surface area contributed by atoms with Gasteiger partial charge in [0.15, 0.2) is 0 Å². The van der Waals surface area contributed by atoms with Crippen molar-refractivity contribution >= 4 is 50.7 Å². The van der Waals surface area contributed by atoms with Gasteiger partial charge in [-0.3, -0.25) is 4.79 Å². The minimum absolute atomic E-state index is 0.220. The Balaban J connectivity index is 1.94. The van der Waals surface area contributed by atoms with Crippen LogP contribution in [0, 0.1) is 0 Å². The van der Waals surface area contributed by atoms with Gasteiger partial charge in [-0.05, 0) is 24.3 Å². The van der Waals surface area contributed by atoms with Gasteiger partial charge in [0.2, 0.25) is 4.80 Å². The summed E-state index contributed by atoms with van der Waals surface area (Å²) in [6.07, 6.45) is 0. The van der Waals surface area contributed by atoms with E-state index in [4.69, 9.17) is 23.2 Å². The Bertz CT molecular complexity index is 930. The Kier molecular flexibility index (Phi) is 4.20. The normalized spacial score (nSPS) is 11.9. The van der Waals surface area contributed by atoms with Gasteiger partial charge < -0.3 is 4.57 Å². The number of para-hydroxylation sites is 1. The van der Waals surface area contributed by atoms with Crippen LogP contribution in [0.15, 0.2) is 47.6 Å². The number of benzene rings is 2. The third-order valence-corrected chi connectivity index (χ3v) is 5.10. The number of aryl methyl sites for hydroxylation is 1. The summed E-state index contributed by atoms with van der Waals surface area (Å²) in [5, 5.41) is 4.73. The lowest BCUT2D eigenvalue weighted by atomic mass is 10.2. The summed E-state index contributed by atoms with van der Waals surface area (Å²) < 4.78 is 3.01. The molecule has 0 aliphatic rings. The Hall–Kier alpha value is -1.82. The van der Waals surface area contributed by atoms with Gasteiger partial charge in [0, 0.05) is 7.05 Å². The monoisotopic (exact) mass is 351 g/mol. The van der Waals surface area contributed by atoms with Crippen molar-refractivity contribution in [3.05, 3.63) is 62.9 Å². The summed E-state index contributed by atoms with van der Waals surface area (Å²) in [6, 6.07) is 12.8. The van der Waals surface area contributed by atoms with E-state index in [9.17, 15) is 4.79 Å². The smallest absolute Gasteiger partial charge is 0.273 e. The van der Waals surface area contributed by atoms with Crippen molar-refractivity contribution in [1.29, 1.82) is 0 Å². The fourth-order valence-electron chi connectivity index (χ4n) is 2.03. The van der Waals surface area contributed by atoms with E-state index < -0.39 is 5.91 Å². The Morgan fingerprint density at radius 1 is 1.18 bits per heavy atom. The predicted molar refractivity (Wildman–Crippen MR) is 90.3 cm³/mol. The summed E-state index contributed by atoms with van der Waals surface area (Å²) in [4.78, 5) is 12.9. The van der Waals surface area contributed by atoms with Crippen LogP contribution in [0.25, 0.3) is 10.2 Å². The van der Waals surface area contributed by atoms with Gasteiger partial charge in [-0.15, -0.1) is 5.10 Å². The van der Waals surface area contributed by atoms with Gasteiger partial charge >= 0.3 is 0 Å². The van der Waals surface area contributed by atoms with Crippen LogP contribution in [-0.4, -0.2) is 10.5 Å². The quantitative estimate of drug-likeness (QED) is 0.701. The summed E-state index contributed by atoms with van der Waals surface area (Å²) >= 11 is 13.4. The maximum atomic E-state index is 12.2. The molecule has 0 saturated carbocycles. The van der Waals surface area contributed by atoms with Crippen LogP contribution in [0.2, 0.25) is 10.0 Å². The van der Waals surface area contributed by atoms with Gasteiger partial charge in [-0.1, -0.05) is 52.7 Å². The predicted octanol–water partition coefficient (Wildman–Crippen LogP) is 3.79. The topological polar surface area (TPSA) is 46.4 Å². The number of amides is 1. The second kappa shape index (κ2) is 6.12. The average molecular weight is 352 g/mol. The molecule has 7 heteroatoms. The second-order valence-electron chi connectivity index (χ2n) is 4.57. The standard InChI is InChI=1S/C15H11Cl2N3OS/c1-20-11-7-2-3-8-12(11)22-15(20)19-18-14(21)9-5-4-6-10(16)13(9)17/h2-8H,1H3,(H,18,21)/b19-15-. The lowest BCUT2D eigenvalue weighted by Crippen LogP contribution is -2.23. The fourth-order valence-corrected chi connectivity index (χ4v) is 3.39. The maximum Gasteiger partial charge on any atom is 0.273 e. The number of nitrogens with zero attached hydrogens (tertiary/aromatic N) is 2. The van der Waals surface area contributed by atoms with E-state index in [2.05, 4.69) is 10.5 Å². The van der Waals surface area contributed by atoms with Gasteiger partial charge in [0.25, 0.3) is 5.91 Å². The number of carbonyl (C=O) groups is 1. The molecular weight excluding hydrogens is 341 g/mol. The number of halogens is 2. The van der Waals surface area contributed by atoms with Gasteiger partial charge in [0.05, 0.1) is 25.8 Å². The van der Waals surface area contributed by atoms with Crippen molar-refractivity contribution in [3.8, 4) is 0 Å². The van der Waals surface area contributed by atoms with Crippen molar-refractivity contribution in [2.45, 2.75) is 0 Å². The number of hydrogen-bond acceptors (Lipinski definition) is 3. The molecule has 0 bridgehead atoms. The molecule has 1 heterocycles. The van der Waals surface area contributed by atoms with E-state index in [1.807, 2.05) is 35.9 Å². The SMILES string of the molecule is Cn1/c(=N/NC(=O)c2cccc(Cl)c2Cl)sc2ccccc21. The van der Waals surface area contributed by atoms with Crippen LogP contribution < -0.4 is 10.2 Å². The number of hydrogen-bond donors (Lipinski definition) is 1. The molecule has 0 spiro atoms. The first-order chi connectivity index (χ1) is 10.6. The number of nitrogens with one attached hydrogen (secondary N) is 1. The van der Waals surface area contributed by atoms with Crippen molar-refractivity contribution in [2.75, 3.05) is 0 Å². The molecule has 4 nitrogen and oxygen atoms in total. The van der Waals surface area contributed by atoms with Crippen molar-refractivity contribution < 1.29 is 4.79 Å². The Morgan fingerprint density at radius 2 is 1.95 bits per heavy atom. The molecular formula is C15H11Cl2N3OS. The number of rotatable bonds is 2. The molecule has 0 radical (unpaired) electrons. The zero-order valence-electron chi connectivity index (χ0n) is 11.5. The highest BCUT2D eigenvalue weighted by atomic mass is 35.5. The highest BCUT2D eigenvalue weighted by molar-refractivity contribution is 7.16. The fraction of sp³-hybridized carbons (Fsp3) is 0.0667. The van der Waals surface area contributed by atoms with Gasteiger partial charge in [-0.25, -0.2) is 5.43 Å². The Labute approximate surface area is 140 Å². The summed E-state index contributed by atoms with van der Waals surface area (Å²) in [5.41, 5.74) is 3.87. The van der Waals surface area contributed by atoms with E-state index in [0.717, 1.165) is 10.2 Å². The van der Waals surface area contributed by atoms with E-state index in [1.165, 1.54) is 11.3 Å². The molecule has 1 aromatic heterocycles. The third-order valence-electron chi connectivity index (χ3n) is 3.16. The van der Waals surface area contributed by atoms with E-state index in [1.54, 1.807) is 18.2 Å². The van der Waals surface area contributed by atoms with Gasteiger partial charge in [0.1, 0.15) is 0 Å². The molecule has 1 N–H and O–H groups in total. The minimum Gasteiger partial charge on any atom is -0.318 e. The molecule has 0 aliphatic heterocycles. The van der Waals surface area contributed by atoms with Crippen LogP contribution in [0.1, 0.15) is 10.4 Å². The van der Waals surface area contributed by atoms with Gasteiger partial charge in [-0.2, -0.15) is 0 Å². The minimum atomic E-state index is -0.398. The highest BCUT2D eigenvalue weighted by Gasteiger charge is 2.12. The molecule has 3 rings (SSSR count). The van der Waals surface area contributed by atoms with Crippen LogP contribution in [0.3, 0.4) is 0 Å². The molecule has 22 heavy (non-hydrogen) atoms. The molecule has 112 valence electrons. The molecule has 0 fully saturated rings. The zero-order valence-corrected chi connectivity index (χ0v) is 13.8. The lowest BCUT2D eigenvalue weighted by Gasteiger charge is -2.03. The first-order valence-corrected chi connectivity index (χ1v) is 7.98. The van der Waals surface area contributed by atoms with Crippen LogP contribution in [0.4, 0.5) is 0 Å². The van der Waals surface area contributed by atoms with Crippen LogP contribution in [-0.2, 0) is 7.05 Å². The van der Waals surface area contributed by atoms with E-state index >= 15 is 0 Å². The van der Waals surface area contributed by atoms with E-state index in [-0.39, 0.29) is 5.02 Å². The molecule has 1 amide bonds. The van der Waals surface area contributed by atoms with Crippen molar-refractivity contribution in [1.82, 2.24) is 9.99 Å². The largest absolute Gasteiger partial charge is 0.318 e. The molecule has 2 aromatic carbocycles. The number of carbonyl (C=O) groups excluding carboxylic acids is 1. The maximum absolute atomic E-state index is 12.2. The number of aromatic nitrogens is 1. The van der Waals surface area contributed by atoms with Crippen molar-refractivity contribution in [2.24, 2.45) is 12.1 Å². The third kappa shape index (κ3) is 2.75. The van der Waals surface area contributed by atoms with Crippen molar-refractivity contribution in [3.63, 3.8) is 0 Å². The summed E-state index contributed by atoms with van der Waals surface area (Å²) in [6.45, 7) is 0. The van der Waals surface area contributed by atoms with Crippen LogP contribution in [0.5, 0.6) is 0 Å². The number of thiazole rings is 1. The van der Waals surface area contributed by atoms with Crippen LogP contribution >= 0.6 is 34.5 Å². The summed E-state index contributed by atoms with van der Waals surface area (Å²) in [7, 11) is 1.90. The first-order valence-electron chi connectivity index (χ1n) is 6.40. The summed E-state index contributed by atoms with van der Waals surface area (Å²) in [5.74, 6) is -0.398. The zero-order chi connectivity index (χ0) is 15.7. The molecule has 0 saturated heterocycles. The Morgan fingerprint density at radius 3 is 2.73 bits per heavy atom. The first kappa shape index (κ1) is 15.1. The average Bonchev–Trinajstić information content (AvgIpc) is 2.84. The highest BCUT2D eigenvalue weighted by Crippen LogP contribution is 2.25. The molecule has 0 aliphatic carbocycles. The lowest BCUT2D eigenvalue weighted by molar-refractivity contribution is 0.0953. The number of fused-ring (bicyclic) bond motifs is 1. The second-order valence-corrected chi connectivity index (χ2v) is 6.36. The molecule has 0 atom stereocenters. The molecule has 3 aromatic rings. The molecule has 0 unspecified atom stereocenters. The van der Waals surface area contributed by atoms with E-state index in [0.29, 0.717) is 15.4 Å².